The summed E-state index contributed by atoms with van der Waals surface area (Å²) >= 11 is 0. The third kappa shape index (κ3) is 3.30. The molecule has 1 aromatic heterocycles. The van der Waals surface area contributed by atoms with E-state index in [0.717, 1.165) is 22.3 Å². The molecule has 0 atom stereocenters. The average molecular weight is 363 g/mol. The molecule has 0 spiro atoms. The van der Waals surface area contributed by atoms with Crippen molar-refractivity contribution in [3.63, 3.8) is 0 Å². The zero-order chi connectivity index (χ0) is 19.0. The number of amides is 1. The van der Waals surface area contributed by atoms with Crippen LogP contribution in [0.1, 0.15) is 33.3 Å². The molecule has 1 aliphatic heterocycles. The number of carbonyl (C=O) groups is 1. The third-order valence-corrected chi connectivity index (χ3v) is 4.78. The Morgan fingerprint density at radius 1 is 1.15 bits per heavy atom. The van der Waals surface area contributed by atoms with E-state index in [2.05, 4.69) is 16.2 Å². The van der Waals surface area contributed by atoms with Gasteiger partial charge in [-0.1, -0.05) is 34.5 Å². The summed E-state index contributed by atoms with van der Waals surface area (Å²) in [6.07, 6.45) is 0. The molecule has 0 aliphatic carbocycles. The van der Waals surface area contributed by atoms with Crippen LogP contribution in [-0.4, -0.2) is 41.1 Å². The van der Waals surface area contributed by atoms with Crippen molar-refractivity contribution in [2.24, 2.45) is 0 Å². The van der Waals surface area contributed by atoms with Crippen LogP contribution in [0.25, 0.3) is 11.4 Å². The molecule has 0 N–H and O–H groups in total. The van der Waals surface area contributed by atoms with Crippen LogP contribution < -0.4 is 4.74 Å². The Morgan fingerprint density at radius 2 is 1.85 bits per heavy atom. The Hall–Kier alpha value is -3.15. The van der Waals surface area contributed by atoms with E-state index < -0.39 is 0 Å². The van der Waals surface area contributed by atoms with Gasteiger partial charge in [-0.2, -0.15) is 4.98 Å². The molecule has 0 bridgehead atoms. The molecule has 6 nitrogen and oxygen atoms in total. The normalized spacial score (nSPS) is 14.1. The van der Waals surface area contributed by atoms with Crippen molar-refractivity contribution in [1.82, 2.24) is 15.0 Å². The number of rotatable bonds is 4. The summed E-state index contributed by atoms with van der Waals surface area (Å²) in [6.45, 7) is 5.17. The van der Waals surface area contributed by atoms with E-state index in [1.165, 1.54) is 0 Å². The molecule has 27 heavy (non-hydrogen) atoms. The van der Waals surface area contributed by atoms with Gasteiger partial charge in [0.15, 0.2) is 0 Å². The minimum atomic E-state index is 0.0440. The lowest BCUT2D eigenvalue weighted by Crippen LogP contribution is -2.48. The third-order valence-electron chi connectivity index (χ3n) is 4.78. The van der Waals surface area contributed by atoms with Crippen molar-refractivity contribution in [3.05, 3.63) is 65.0 Å². The Balaban J connectivity index is 1.46. The predicted octanol–water partition coefficient (Wildman–Crippen LogP) is 3.60. The van der Waals surface area contributed by atoms with Crippen LogP contribution in [0.4, 0.5) is 0 Å². The minimum absolute atomic E-state index is 0.0440. The number of aryl methyl sites for hydroxylation is 2. The number of para-hydroxylation sites is 1. The van der Waals surface area contributed by atoms with Crippen molar-refractivity contribution in [1.29, 1.82) is 0 Å². The van der Waals surface area contributed by atoms with Crippen LogP contribution in [0.15, 0.2) is 47.0 Å². The smallest absolute Gasteiger partial charge is 0.253 e. The molecule has 2 heterocycles. The molecular weight excluding hydrogens is 342 g/mol. The van der Waals surface area contributed by atoms with Crippen molar-refractivity contribution in [3.8, 4) is 17.1 Å². The number of aromatic nitrogens is 2. The van der Waals surface area contributed by atoms with Gasteiger partial charge in [-0.25, -0.2) is 0 Å². The van der Waals surface area contributed by atoms with Crippen molar-refractivity contribution in [2.45, 2.75) is 19.8 Å². The SMILES string of the molecule is COc1ccccc1-c1noc(C2CN(C(=O)c3cc(C)cc(C)c3)C2)n1. The van der Waals surface area contributed by atoms with Gasteiger partial charge in [-0.3, -0.25) is 4.79 Å². The maximum absolute atomic E-state index is 12.7. The molecule has 1 fully saturated rings. The minimum Gasteiger partial charge on any atom is -0.496 e. The summed E-state index contributed by atoms with van der Waals surface area (Å²) in [5, 5.41) is 4.08. The van der Waals surface area contributed by atoms with Gasteiger partial charge in [0.1, 0.15) is 5.75 Å². The number of hydrogen-bond acceptors (Lipinski definition) is 5. The summed E-state index contributed by atoms with van der Waals surface area (Å²) in [5.41, 5.74) is 3.70. The fourth-order valence-corrected chi connectivity index (χ4v) is 3.42. The van der Waals surface area contributed by atoms with Gasteiger partial charge in [-0.05, 0) is 38.1 Å². The fourth-order valence-electron chi connectivity index (χ4n) is 3.42. The first-order chi connectivity index (χ1) is 13.0. The molecule has 0 unspecified atom stereocenters. The summed E-state index contributed by atoms with van der Waals surface area (Å²) in [7, 11) is 1.61. The van der Waals surface area contributed by atoms with E-state index in [0.29, 0.717) is 30.6 Å². The highest BCUT2D eigenvalue weighted by Gasteiger charge is 2.36. The lowest BCUT2D eigenvalue weighted by Gasteiger charge is -2.37. The molecule has 1 saturated heterocycles. The van der Waals surface area contributed by atoms with E-state index in [1.54, 1.807) is 7.11 Å². The van der Waals surface area contributed by atoms with Crippen LogP contribution in [-0.2, 0) is 0 Å². The highest BCUT2D eigenvalue weighted by molar-refractivity contribution is 5.95. The van der Waals surface area contributed by atoms with Crippen LogP contribution in [0.5, 0.6) is 5.75 Å². The second-order valence-corrected chi connectivity index (χ2v) is 6.94. The zero-order valence-electron chi connectivity index (χ0n) is 15.6. The average Bonchev–Trinajstić information content (AvgIpc) is 3.09. The Kier molecular flexibility index (Phi) is 4.39. The molecule has 1 aliphatic rings. The van der Waals surface area contributed by atoms with Gasteiger partial charge < -0.3 is 14.2 Å². The van der Waals surface area contributed by atoms with Gasteiger partial charge in [0.05, 0.1) is 18.6 Å². The lowest BCUT2D eigenvalue weighted by molar-refractivity contribution is 0.0569. The van der Waals surface area contributed by atoms with Crippen molar-refractivity contribution < 1.29 is 14.1 Å². The van der Waals surface area contributed by atoms with Gasteiger partial charge in [0.25, 0.3) is 5.91 Å². The highest BCUT2D eigenvalue weighted by Crippen LogP contribution is 2.31. The maximum Gasteiger partial charge on any atom is 0.253 e. The number of benzene rings is 2. The largest absolute Gasteiger partial charge is 0.496 e. The Bertz CT molecular complexity index is 970. The molecule has 4 rings (SSSR count). The molecular formula is C21H21N3O3. The van der Waals surface area contributed by atoms with Crippen LogP contribution in [0.2, 0.25) is 0 Å². The number of carbonyl (C=O) groups excluding carboxylic acids is 1. The highest BCUT2D eigenvalue weighted by atomic mass is 16.5. The number of ether oxygens (including phenoxy) is 1. The molecule has 0 radical (unpaired) electrons. The van der Waals surface area contributed by atoms with E-state index in [4.69, 9.17) is 9.26 Å². The summed E-state index contributed by atoms with van der Waals surface area (Å²) in [6, 6.07) is 13.5. The quantitative estimate of drug-likeness (QED) is 0.708. The van der Waals surface area contributed by atoms with Gasteiger partial charge in [-0.15, -0.1) is 0 Å². The second-order valence-electron chi connectivity index (χ2n) is 6.94. The molecule has 6 heteroatoms. The van der Waals surface area contributed by atoms with Gasteiger partial charge >= 0.3 is 0 Å². The summed E-state index contributed by atoms with van der Waals surface area (Å²) < 4.78 is 10.8. The standard InChI is InChI=1S/C21H21N3O3/c1-13-8-14(2)10-15(9-13)21(25)24-11-16(12-24)20-22-19(23-27-20)17-6-4-5-7-18(17)26-3/h4-10,16H,11-12H2,1-3H3. The Labute approximate surface area is 157 Å². The first kappa shape index (κ1) is 17.3. The van der Waals surface area contributed by atoms with E-state index in [1.807, 2.05) is 55.1 Å². The number of methoxy groups -OCH3 is 1. The maximum atomic E-state index is 12.7. The molecule has 0 saturated carbocycles. The summed E-state index contributed by atoms with van der Waals surface area (Å²) in [4.78, 5) is 19.0. The van der Waals surface area contributed by atoms with E-state index >= 15 is 0 Å². The predicted molar refractivity (Wildman–Crippen MR) is 101 cm³/mol. The Morgan fingerprint density at radius 3 is 2.56 bits per heavy atom. The molecule has 2 aromatic carbocycles. The van der Waals surface area contributed by atoms with Gasteiger partial charge in [0.2, 0.25) is 11.7 Å². The monoisotopic (exact) mass is 363 g/mol. The first-order valence-corrected chi connectivity index (χ1v) is 8.89. The van der Waals surface area contributed by atoms with Gasteiger partial charge in [0, 0.05) is 18.7 Å². The van der Waals surface area contributed by atoms with Crippen LogP contribution >= 0.6 is 0 Å². The second kappa shape index (κ2) is 6.87. The summed E-state index contributed by atoms with van der Waals surface area (Å²) in [5.74, 6) is 1.87. The number of nitrogens with zero attached hydrogens (tertiary/aromatic N) is 3. The first-order valence-electron chi connectivity index (χ1n) is 8.89. The fraction of sp³-hybridized carbons (Fsp3) is 0.286. The van der Waals surface area contributed by atoms with Crippen LogP contribution in [0.3, 0.4) is 0 Å². The zero-order valence-corrected chi connectivity index (χ0v) is 15.6. The number of likely N-dealkylation sites (tertiary alicyclic amines) is 1. The van der Waals surface area contributed by atoms with E-state index in [-0.39, 0.29) is 11.8 Å². The van der Waals surface area contributed by atoms with Crippen LogP contribution in [0, 0.1) is 13.8 Å². The lowest BCUT2D eigenvalue weighted by atomic mass is 9.97. The van der Waals surface area contributed by atoms with E-state index in [9.17, 15) is 4.79 Å². The van der Waals surface area contributed by atoms with Crippen molar-refractivity contribution in [2.75, 3.05) is 20.2 Å². The molecule has 1 amide bonds. The number of hydrogen-bond donors (Lipinski definition) is 0. The topological polar surface area (TPSA) is 68.5 Å². The molecule has 3 aromatic rings. The molecule has 138 valence electrons. The van der Waals surface area contributed by atoms with Crippen molar-refractivity contribution >= 4 is 5.91 Å².